The van der Waals surface area contributed by atoms with E-state index in [9.17, 15) is 18.0 Å². The lowest BCUT2D eigenvalue weighted by Crippen LogP contribution is -2.24. The van der Waals surface area contributed by atoms with Crippen LogP contribution in [-0.2, 0) is 23.9 Å². The number of hydrogen-bond donors (Lipinski definition) is 1. The van der Waals surface area contributed by atoms with Crippen LogP contribution in [0.1, 0.15) is 16.8 Å². The van der Waals surface area contributed by atoms with Gasteiger partial charge in [0.15, 0.2) is 0 Å². The maximum Gasteiger partial charge on any atom is 0.417 e. The summed E-state index contributed by atoms with van der Waals surface area (Å²) in [5.74, 6) is -0.0615. The van der Waals surface area contributed by atoms with Crippen LogP contribution in [-0.4, -0.2) is 16.6 Å². The third-order valence-electron chi connectivity index (χ3n) is 3.32. The minimum atomic E-state index is -4.51. The van der Waals surface area contributed by atoms with E-state index in [1.807, 2.05) is 0 Å². The van der Waals surface area contributed by atoms with E-state index < -0.39 is 17.3 Å². The molecule has 2 aromatic rings. The monoisotopic (exact) mass is 296 g/mol. The van der Waals surface area contributed by atoms with Crippen molar-refractivity contribution < 1.29 is 17.9 Å². The van der Waals surface area contributed by atoms with Gasteiger partial charge in [-0.15, -0.1) is 0 Å². The van der Waals surface area contributed by atoms with Crippen molar-refractivity contribution in [1.82, 2.24) is 9.97 Å². The van der Waals surface area contributed by atoms with Crippen molar-refractivity contribution >= 4 is 0 Å². The summed E-state index contributed by atoms with van der Waals surface area (Å²) in [6.07, 6.45) is -4.09. The molecule has 1 aliphatic heterocycles. The predicted octanol–water partition coefficient (Wildman–Crippen LogP) is 2.53. The third kappa shape index (κ3) is 2.56. The Morgan fingerprint density at radius 1 is 1.24 bits per heavy atom. The Kier molecular flexibility index (Phi) is 3.29. The quantitative estimate of drug-likeness (QED) is 0.880. The number of fused-ring (bicyclic) bond motifs is 1. The number of aromatic amines is 1. The molecule has 0 aliphatic carbocycles. The van der Waals surface area contributed by atoms with Gasteiger partial charge in [-0.2, -0.15) is 13.2 Å². The summed E-state index contributed by atoms with van der Waals surface area (Å²) in [5.41, 5.74) is -0.519. The number of nitrogens with one attached hydrogen (secondary N) is 1. The highest BCUT2D eigenvalue weighted by atomic mass is 19.4. The summed E-state index contributed by atoms with van der Waals surface area (Å²) >= 11 is 0. The van der Waals surface area contributed by atoms with Crippen LogP contribution in [0.25, 0.3) is 11.4 Å². The lowest BCUT2D eigenvalue weighted by atomic mass is 10.1. The molecule has 1 N–H and O–H groups in total. The van der Waals surface area contributed by atoms with Gasteiger partial charge < -0.3 is 9.72 Å². The van der Waals surface area contributed by atoms with Crippen molar-refractivity contribution in [3.8, 4) is 11.4 Å². The Morgan fingerprint density at radius 3 is 2.76 bits per heavy atom. The number of hydrogen-bond acceptors (Lipinski definition) is 3. The van der Waals surface area contributed by atoms with Gasteiger partial charge in [-0.1, -0.05) is 18.2 Å². The van der Waals surface area contributed by atoms with Gasteiger partial charge in [0.05, 0.1) is 30.0 Å². The molecule has 0 saturated carbocycles. The van der Waals surface area contributed by atoms with Crippen molar-refractivity contribution in [2.45, 2.75) is 19.2 Å². The first-order valence-electron chi connectivity index (χ1n) is 6.33. The zero-order valence-corrected chi connectivity index (χ0v) is 10.8. The fraction of sp³-hybridized carbons (Fsp3) is 0.286. The Hall–Kier alpha value is -2.15. The van der Waals surface area contributed by atoms with Crippen LogP contribution >= 0.6 is 0 Å². The van der Waals surface area contributed by atoms with E-state index in [1.165, 1.54) is 18.2 Å². The molecule has 0 atom stereocenters. The van der Waals surface area contributed by atoms with Gasteiger partial charge in [0.2, 0.25) is 0 Å². The van der Waals surface area contributed by atoms with Crippen LogP contribution in [0.3, 0.4) is 0 Å². The normalized spacial score (nSPS) is 14.8. The molecule has 0 saturated heterocycles. The molecule has 1 aromatic heterocycles. The molecule has 7 heteroatoms. The molecule has 0 spiro atoms. The highest BCUT2D eigenvalue weighted by molar-refractivity contribution is 5.61. The van der Waals surface area contributed by atoms with E-state index in [2.05, 4.69) is 9.97 Å². The molecular weight excluding hydrogens is 285 g/mol. The average Bonchev–Trinajstić information content (AvgIpc) is 2.46. The minimum Gasteiger partial charge on any atom is -0.376 e. The summed E-state index contributed by atoms with van der Waals surface area (Å²) < 4.78 is 44.3. The molecule has 1 aromatic carbocycles. The maximum absolute atomic E-state index is 13.0. The highest BCUT2D eigenvalue weighted by Crippen LogP contribution is 2.35. The van der Waals surface area contributed by atoms with Gasteiger partial charge in [0, 0.05) is 12.0 Å². The van der Waals surface area contributed by atoms with Crippen molar-refractivity contribution in [3.05, 3.63) is 51.4 Å². The molecule has 0 unspecified atom stereocenters. The molecule has 0 radical (unpaired) electrons. The second-order valence-corrected chi connectivity index (χ2v) is 4.69. The molecule has 4 nitrogen and oxygen atoms in total. The minimum absolute atomic E-state index is 0.0615. The van der Waals surface area contributed by atoms with Gasteiger partial charge in [-0.25, -0.2) is 4.98 Å². The zero-order valence-electron chi connectivity index (χ0n) is 10.8. The largest absolute Gasteiger partial charge is 0.417 e. The van der Waals surface area contributed by atoms with Crippen molar-refractivity contribution in [2.24, 2.45) is 0 Å². The number of alkyl halides is 3. The number of halogens is 3. The maximum atomic E-state index is 13.0. The van der Waals surface area contributed by atoms with Crippen molar-refractivity contribution in [3.63, 3.8) is 0 Å². The second kappa shape index (κ2) is 5.00. The van der Waals surface area contributed by atoms with Crippen LogP contribution in [0.2, 0.25) is 0 Å². The first-order valence-corrected chi connectivity index (χ1v) is 6.33. The van der Waals surface area contributed by atoms with Gasteiger partial charge >= 0.3 is 6.18 Å². The standard InChI is InChI=1S/C14H11F3N2O2/c15-14(16,17)10-4-2-1-3-8(10)12-18-11-5-6-21-7-9(11)13(20)19-12/h1-4H,5-7H2,(H,18,19,20). The fourth-order valence-electron chi connectivity index (χ4n) is 2.31. The van der Waals surface area contributed by atoms with Gasteiger partial charge in [-0.3, -0.25) is 4.79 Å². The Labute approximate surface area is 117 Å². The molecule has 1 aliphatic rings. The molecule has 0 fully saturated rings. The predicted molar refractivity (Wildman–Crippen MR) is 68.7 cm³/mol. The summed E-state index contributed by atoms with van der Waals surface area (Å²) in [4.78, 5) is 18.6. The van der Waals surface area contributed by atoms with Crippen LogP contribution in [0.5, 0.6) is 0 Å². The SMILES string of the molecule is O=c1[nH]c(-c2ccccc2C(F)(F)F)nc2c1COCC2. The number of H-pyrrole nitrogens is 1. The fourth-order valence-corrected chi connectivity index (χ4v) is 2.31. The van der Waals surface area contributed by atoms with Crippen LogP contribution in [0, 0.1) is 0 Å². The topological polar surface area (TPSA) is 55.0 Å². The molecule has 0 bridgehead atoms. The first kappa shape index (κ1) is 13.8. The second-order valence-electron chi connectivity index (χ2n) is 4.69. The lowest BCUT2D eigenvalue weighted by molar-refractivity contribution is -0.137. The number of nitrogens with zero attached hydrogens (tertiary/aromatic N) is 1. The smallest absolute Gasteiger partial charge is 0.376 e. The Bertz CT molecular complexity index is 738. The molecule has 2 heterocycles. The molecular formula is C14H11F3N2O2. The van der Waals surface area contributed by atoms with Crippen molar-refractivity contribution in [2.75, 3.05) is 6.61 Å². The van der Waals surface area contributed by atoms with E-state index >= 15 is 0 Å². The van der Waals surface area contributed by atoms with E-state index in [-0.39, 0.29) is 18.0 Å². The number of aromatic nitrogens is 2. The van der Waals surface area contributed by atoms with Gasteiger partial charge in [0.25, 0.3) is 5.56 Å². The van der Waals surface area contributed by atoms with E-state index in [0.717, 1.165) is 6.07 Å². The van der Waals surface area contributed by atoms with Crippen LogP contribution in [0.4, 0.5) is 13.2 Å². The summed E-state index contributed by atoms with van der Waals surface area (Å²) in [5, 5.41) is 0. The van der Waals surface area contributed by atoms with Gasteiger partial charge in [0.1, 0.15) is 5.82 Å². The van der Waals surface area contributed by atoms with Crippen molar-refractivity contribution in [1.29, 1.82) is 0 Å². The number of benzene rings is 1. The summed E-state index contributed by atoms with van der Waals surface area (Å²) in [6, 6.07) is 5.05. The van der Waals surface area contributed by atoms with E-state index in [4.69, 9.17) is 4.74 Å². The molecule has 3 rings (SSSR count). The molecule has 110 valence electrons. The first-order chi connectivity index (χ1) is 9.97. The Morgan fingerprint density at radius 2 is 2.00 bits per heavy atom. The summed E-state index contributed by atoms with van der Waals surface area (Å²) in [7, 11) is 0. The van der Waals surface area contributed by atoms with E-state index in [0.29, 0.717) is 24.3 Å². The number of rotatable bonds is 1. The molecule has 0 amide bonds. The van der Waals surface area contributed by atoms with Crippen LogP contribution < -0.4 is 5.56 Å². The number of ether oxygens (including phenoxy) is 1. The average molecular weight is 296 g/mol. The Balaban J connectivity index is 2.18. The summed E-state index contributed by atoms with van der Waals surface area (Å²) in [6.45, 7) is 0.544. The van der Waals surface area contributed by atoms with Crippen LogP contribution in [0.15, 0.2) is 29.1 Å². The van der Waals surface area contributed by atoms with E-state index in [1.54, 1.807) is 0 Å². The highest BCUT2D eigenvalue weighted by Gasteiger charge is 2.34. The lowest BCUT2D eigenvalue weighted by Gasteiger charge is -2.17. The molecule has 21 heavy (non-hydrogen) atoms. The van der Waals surface area contributed by atoms with Gasteiger partial charge in [-0.05, 0) is 6.07 Å². The third-order valence-corrected chi connectivity index (χ3v) is 3.32. The zero-order chi connectivity index (χ0) is 15.0.